The van der Waals surface area contributed by atoms with E-state index in [1.165, 1.54) is 22.9 Å². The molecule has 20 heavy (non-hydrogen) atoms. The quantitative estimate of drug-likeness (QED) is 0.883. The number of rotatable bonds is 3. The average molecular weight is 273 g/mol. The van der Waals surface area contributed by atoms with Crippen LogP contribution < -0.4 is 11.1 Å². The summed E-state index contributed by atoms with van der Waals surface area (Å²) >= 11 is 0. The topological polar surface area (TPSA) is 96.7 Å². The van der Waals surface area contributed by atoms with Crippen LogP contribution >= 0.6 is 0 Å². The number of aromatic nitrogens is 2. The lowest BCUT2D eigenvalue weighted by Gasteiger charge is -2.06. The molecule has 0 saturated carbocycles. The predicted octanol–water partition coefficient (Wildman–Crippen LogP) is 1.42. The molecule has 0 radical (unpaired) electrons. The van der Waals surface area contributed by atoms with Gasteiger partial charge in [0.25, 0.3) is 0 Å². The summed E-state index contributed by atoms with van der Waals surface area (Å²) in [5.41, 5.74) is 6.78. The van der Waals surface area contributed by atoms with Crippen LogP contribution in [0, 0.1) is 24.1 Å². The number of carbonyl (C=O) groups excluding carboxylic acids is 1. The number of anilines is 2. The number of hydrogen-bond donors (Lipinski definition) is 2. The minimum Gasteiger partial charge on any atom is -0.383 e. The fraction of sp³-hybridized carbons (Fsp3) is 0.154. The van der Waals surface area contributed by atoms with Crippen LogP contribution in [0.25, 0.3) is 0 Å². The van der Waals surface area contributed by atoms with Crippen LogP contribution in [0.15, 0.2) is 24.3 Å². The highest BCUT2D eigenvalue weighted by Gasteiger charge is 2.14. The van der Waals surface area contributed by atoms with Crippen LogP contribution in [-0.4, -0.2) is 15.7 Å². The lowest BCUT2D eigenvalue weighted by molar-refractivity contribution is -0.116. The van der Waals surface area contributed by atoms with E-state index in [2.05, 4.69) is 10.4 Å². The Balaban J connectivity index is 2.11. The molecule has 102 valence electrons. The predicted molar refractivity (Wildman–Crippen MR) is 71.1 cm³/mol. The largest absolute Gasteiger partial charge is 0.383 e. The Morgan fingerprint density at radius 1 is 1.60 bits per heavy atom. The number of carbonyl (C=O) groups is 1. The molecule has 6 nitrogen and oxygen atoms in total. The van der Waals surface area contributed by atoms with E-state index in [0.717, 1.165) is 0 Å². The van der Waals surface area contributed by atoms with Crippen molar-refractivity contribution in [2.45, 2.75) is 13.5 Å². The van der Waals surface area contributed by atoms with Crippen molar-refractivity contribution in [2.75, 3.05) is 11.1 Å². The number of aryl methyl sites for hydroxylation is 1. The van der Waals surface area contributed by atoms with Crippen molar-refractivity contribution in [1.82, 2.24) is 9.78 Å². The molecule has 0 unspecified atom stereocenters. The second-order valence-electron chi connectivity index (χ2n) is 4.17. The lowest BCUT2D eigenvalue weighted by atomic mass is 10.3. The summed E-state index contributed by atoms with van der Waals surface area (Å²) in [5.74, 6) is -0.710. The zero-order valence-electron chi connectivity index (χ0n) is 10.7. The Morgan fingerprint density at radius 2 is 2.35 bits per heavy atom. The van der Waals surface area contributed by atoms with Crippen molar-refractivity contribution in [2.24, 2.45) is 0 Å². The first kappa shape index (κ1) is 13.5. The Morgan fingerprint density at radius 3 is 2.95 bits per heavy atom. The molecule has 0 bridgehead atoms. The second kappa shape index (κ2) is 5.40. The molecular weight excluding hydrogens is 261 g/mol. The van der Waals surface area contributed by atoms with E-state index in [-0.39, 0.29) is 17.9 Å². The summed E-state index contributed by atoms with van der Waals surface area (Å²) in [6.45, 7) is 1.49. The van der Waals surface area contributed by atoms with Crippen molar-refractivity contribution in [3.05, 3.63) is 41.3 Å². The van der Waals surface area contributed by atoms with Crippen LogP contribution in [0.4, 0.5) is 15.9 Å². The maximum absolute atomic E-state index is 13.0. The van der Waals surface area contributed by atoms with Gasteiger partial charge in [0.2, 0.25) is 5.91 Å². The van der Waals surface area contributed by atoms with Gasteiger partial charge in [-0.25, -0.2) is 9.07 Å². The highest BCUT2D eigenvalue weighted by atomic mass is 19.1. The molecule has 0 saturated heterocycles. The van der Waals surface area contributed by atoms with Crippen LogP contribution in [0.5, 0.6) is 0 Å². The molecule has 0 fully saturated rings. The van der Waals surface area contributed by atoms with Crippen LogP contribution in [0.3, 0.4) is 0 Å². The molecule has 1 aromatic carbocycles. The number of nitrogens with two attached hydrogens (primary N) is 1. The molecule has 1 aromatic heterocycles. The maximum atomic E-state index is 13.0. The summed E-state index contributed by atoms with van der Waals surface area (Å²) in [6, 6.07) is 7.47. The van der Waals surface area contributed by atoms with Gasteiger partial charge in [-0.1, -0.05) is 6.07 Å². The zero-order chi connectivity index (χ0) is 14.7. The summed E-state index contributed by atoms with van der Waals surface area (Å²) in [7, 11) is 0. The Bertz CT molecular complexity index is 701. The molecule has 0 spiro atoms. The molecule has 1 heterocycles. The number of nitrogens with one attached hydrogen (secondary N) is 1. The van der Waals surface area contributed by atoms with Gasteiger partial charge >= 0.3 is 0 Å². The highest BCUT2D eigenvalue weighted by molar-refractivity contribution is 5.90. The van der Waals surface area contributed by atoms with Gasteiger partial charge in [-0.15, -0.1) is 0 Å². The molecule has 3 N–H and O–H groups in total. The van der Waals surface area contributed by atoms with Gasteiger partial charge in [-0.05, 0) is 25.1 Å². The number of amides is 1. The Labute approximate surface area is 114 Å². The van der Waals surface area contributed by atoms with E-state index in [9.17, 15) is 9.18 Å². The van der Waals surface area contributed by atoms with Gasteiger partial charge in [0.15, 0.2) is 0 Å². The lowest BCUT2D eigenvalue weighted by Crippen LogP contribution is -2.20. The first-order valence-corrected chi connectivity index (χ1v) is 5.79. The van der Waals surface area contributed by atoms with Crippen molar-refractivity contribution in [3.63, 3.8) is 0 Å². The van der Waals surface area contributed by atoms with Gasteiger partial charge in [-0.2, -0.15) is 10.4 Å². The minimum atomic E-state index is -0.441. The van der Waals surface area contributed by atoms with Crippen molar-refractivity contribution < 1.29 is 9.18 Å². The normalized spacial score (nSPS) is 10.1. The number of benzene rings is 1. The van der Waals surface area contributed by atoms with Gasteiger partial charge in [0, 0.05) is 5.69 Å². The molecule has 0 aliphatic rings. The number of nitrogen functional groups attached to an aromatic ring is 1. The van der Waals surface area contributed by atoms with Crippen LogP contribution in [0.1, 0.15) is 11.3 Å². The third kappa shape index (κ3) is 2.75. The summed E-state index contributed by atoms with van der Waals surface area (Å²) in [5, 5.41) is 15.4. The van der Waals surface area contributed by atoms with E-state index in [1.807, 2.05) is 6.07 Å². The first-order valence-electron chi connectivity index (χ1n) is 5.79. The van der Waals surface area contributed by atoms with E-state index in [1.54, 1.807) is 13.0 Å². The fourth-order valence-corrected chi connectivity index (χ4v) is 1.76. The summed E-state index contributed by atoms with van der Waals surface area (Å²) < 4.78 is 14.2. The van der Waals surface area contributed by atoms with E-state index in [4.69, 9.17) is 11.0 Å². The smallest absolute Gasteiger partial charge is 0.246 e. The molecular formula is C13H12FN5O. The van der Waals surface area contributed by atoms with Crippen molar-refractivity contribution in [3.8, 4) is 6.07 Å². The molecule has 0 atom stereocenters. The summed E-state index contributed by atoms with van der Waals surface area (Å²) in [6.07, 6.45) is 0. The standard InChI is InChI=1S/C13H12FN5O/c1-8-11(6-15)13(16)19(18-8)7-12(20)17-10-4-2-3-9(14)5-10/h2-5H,7,16H2,1H3,(H,17,20). The molecule has 2 rings (SSSR count). The molecule has 1 amide bonds. The monoisotopic (exact) mass is 273 g/mol. The minimum absolute atomic E-state index is 0.138. The van der Waals surface area contributed by atoms with E-state index >= 15 is 0 Å². The van der Waals surface area contributed by atoms with Crippen molar-refractivity contribution in [1.29, 1.82) is 5.26 Å². The number of nitriles is 1. The third-order valence-electron chi connectivity index (χ3n) is 2.68. The first-order chi connectivity index (χ1) is 9.51. The maximum Gasteiger partial charge on any atom is 0.246 e. The fourth-order valence-electron chi connectivity index (χ4n) is 1.76. The highest BCUT2D eigenvalue weighted by Crippen LogP contribution is 2.15. The molecule has 7 heteroatoms. The number of nitrogens with zero attached hydrogens (tertiary/aromatic N) is 3. The van der Waals surface area contributed by atoms with Gasteiger partial charge in [-0.3, -0.25) is 4.79 Å². The zero-order valence-corrected chi connectivity index (χ0v) is 10.7. The SMILES string of the molecule is Cc1nn(CC(=O)Nc2cccc(F)c2)c(N)c1C#N. The number of hydrogen-bond acceptors (Lipinski definition) is 4. The Hall–Kier alpha value is -2.88. The molecule has 0 aliphatic heterocycles. The van der Waals surface area contributed by atoms with Gasteiger partial charge in [0.1, 0.15) is 29.8 Å². The third-order valence-corrected chi connectivity index (χ3v) is 2.68. The average Bonchev–Trinajstić information content (AvgIpc) is 2.63. The number of halogens is 1. The van der Waals surface area contributed by atoms with Crippen molar-refractivity contribution >= 4 is 17.4 Å². The van der Waals surface area contributed by atoms with Gasteiger partial charge in [0.05, 0.1) is 5.69 Å². The van der Waals surface area contributed by atoms with E-state index < -0.39 is 11.7 Å². The second-order valence-corrected chi connectivity index (χ2v) is 4.17. The van der Waals surface area contributed by atoms with Crippen LogP contribution in [-0.2, 0) is 11.3 Å². The Kier molecular flexibility index (Phi) is 3.66. The summed E-state index contributed by atoms with van der Waals surface area (Å²) in [4.78, 5) is 11.8. The van der Waals surface area contributed by atoms with Crippen LogP contribution in [0.2, 0.25) is 0 Å². The molecule has 0 aliphatic carbocycles. The van der Waals surface area contributed by atoms with E-state index in [0.29, 0.717) is 11.4 Å². The van der Waals surface area contributed by atoms with Gasteiger partial charge < -0.3 is 11.1 Å². The molecule has 2 aromatic rings.